The molecule has 28 heavy (non-hydrogen) atoms. The lowest BCUT2D eigenvalue weighted by molar-refractivity contribution is -0.128. The highest BCUT2D eigenvalue weighted by molar-refractivity contribution is 6.30. The van der Waals surface area contributed by atoms with Crippen LogP contribution in [0.4, 0.5) is 5.69 Å². The van der Waals surface area contributed by atoms with Gasteiger partial charge >= 0.3 is 0 Å². The number of halogens is 1. The molecule has 1 aliphatic rings. The molecule has 3 rings (SSSR count). The number of amides is 2. The SMILES string of the molecule is CC(C)Nc1cccc(CNC(=O)[C@H]2CC(=O)N(C)[C@@H]2c2cccc(Cl)c2)c1. The number of nitrogens with one attached hydrogen (secondary N) is 2. The number of carbonyl (C=O) groups is 2. The standard InChI is InChI=1S/C22H26ClN3O2/c1-14(2)25-18-9-4-6-15(10-18)13-24-22(28)19-12-20(27)26(3)21(19)16-7-5-8-17(23)11-16/h4-11,14,19,21,25H,12-13H2,1-3H3,(H,24,28)/t19-,21+/m0/s1. The summed E-state index contributed by atoms with van der Waals surface area (Å²) in [7, 11) is 1.74. The average Bonchev–Trinajstić information content (AvgIpc) is 2.94. The van der Waals surface area contributed by atoms with E-state index in [4.69, 9.17) is 11.6 Å². The lowest BCUT2D eigenvalue weighted by Crippen LogP contribution is -2.34. The molecule has 2 aromatic carbocycles. The highest BCUT2D eigenvalue weighted by atomic mass is 35.5. The third kappa shape index (κ3) is 4.65. The number of likely N-dealkylation sites (tertiary alicyclic amines) is 1. The van der Waals surface area contributed by atoms with Gasteiger partial charge in [0.2, 0.25) is 11.8 Å². The zero-order valence-corrected chi connectivity index (χ0v) is 17.2. The molecule has 2 amide bonds. The van der Waals surface area contributed by atoms with Crippen LogP contribution in [0.2, 0.25) is 5.02 Å². The number of anilines is 1. The quantitative estimate of drug-likeness (QED) is 0.771. The summed E-state index contributed by atoms with van der Waals surface area (Å²) in [6.45, 7) is 4.58. The monoisotopic (exact) mass is 399 g/mol. The lowest BCUT2D eigenvalue weighted by Gasteiger charge is -2.25. The van der Waals surface area contributed by atoms with Crippen molar-refractivity contribution in [1.29, 1.82) is 0 Å². The topological polar surface area (TPSA) is 61.4 Å². The summed E-state index contributed by atoms with van der Waals surface area (Å²) in [5, 5.41) is 6.95. The van der Waals surface area contributed by atoms with Crippen molar-refractivity contribution in [2.24, 2.45) is 5.92 Å². The first-order valence-corrected chi connectivity index (χ1v) is 9.87. The van der Waals surface area contributed by atoms with Gasteiger partial charge in [-0.3, -0.25) is 9.59 Å². The van der Waals surface area contributed by atoms with E-state index in [0.29, 0.717) is 17.6 Å². The van der Waals surface area contributed by atoms with Gasteiger partial charge in [-0.1, -0.05) is 35.9 Å². The number of rotatable bonds is 6. The molecule has 1 saturated heterocycles. The first kappa shape index (κ1) is 20.2. The summed E-state index contributed by atoms with van der Waals surface area (Å²) in [5.41, 5.74) is 2.91. The largest absolute Gasteiger partial charge is 0.383 e. The van der Waals surface area contributed by atoms with E-state index in [0.717, 1.165) is 16.8 Å². The van der Waals surface area contributed by atoms with Crippen molar-refractivity contribution >= 4 is 29.1 Å². The fourth-order valence-electron chi connectivity index (χ4n) is 3.68. The Labute approximate surface area is 171 Å². The van der Waals surface area contributed by atoms with E-state index in [-0.39, 0.29) is 24.3 Å². The van der Waals surface area contributed by atoms with Gasteiger partial charge < -0.3 is 15.5 Å². The van der Waals surface area contributed by atoms with E-state index >= 15 is 0 Å². The predicted molar refractivity (Wildman–Crippen MR) is 112 cm³/mol. The second-order valence-electron chi connectivity index (χ2n) is 7.53. The minimum Gasteiger partial charge on any atom is -0.383 e. The first-order chi connectivity index (χ1) is 13.3. The molecule has 0 aromatic heterocycles. The van der Waals surface area contributed by atoms with Crippen molar-refractivity contribution in [2.45, 2.75) is 38.9 Å². The van der Waals surface area contributed by atoms with E-state index in [1.54, 1.807) is 18.0 Å². The van der Waals surface area contributed by atoms with Gasteiger partial charge in [-0.05, 0) is 49.2 Å². The highest BCUT2D eigenvalue weighted by Gasteiger charge is 2.42. The van der Waals surface area contributed by atoms with Crippen LogP contribution in [0.1, 0.15) is 37.4 Å². The van der Waals surface area contributed by atoms with Crippen LogP contribution in [0.25, 0.3) is 0 Å². The van der Waals surface area contributed by atoms with Gasteiger partial charge in [0.1, 0.15) is 0 Å². The summed E-state index contributed by atoms with van der Waals surface area (Å²) in [6.07, 6.45) is 0.203. The van der Waals surface area contributed by atoms with E-state index in [1.165, 1.54) is 0 Å². The van der Waals surface area contributed by atoms with E-state index < -0.39 is 5.92 Å². The van der Waals surface area contributed by atoms with Crippen LogP contribution < -0.4 is 10.6 Å². The number of benzene rings is 2. The Bertz CT molecular complexity index is 868. The molecule has 0 saturated carbocycles. The van der Waals surface area contributed by atoms with Crippen LogP contribution >= 0.6 is 11.6 Å². The molecule has 0 spiro atoms. The van der Waals surface area contributed by atoms with E-state index in [1.807, 2.05) is 42.5 Å². The van der Waals surface area contributed by atoms with Crippen molar-refractivity contribution in [3.8, 4) is 0 Å². The third-order valence-electron chi connectivity index (χ3n) is 4.96. The highest BCUT2D eigenvalue weighted by Crippen LogP contribution is 2.37. The minimum absolute atomic E-state index is 0.0340. The normalized spacial score (nSPS) is 19.2. The number of nitrogens with zero attached hydrogens (tertiary/aromatic N) is 1. The van der Waals surface area contributed by atoms with Crippen molar-refractivity contribution in [1.82, 2.24) is 10.2 Å². The maximum Gasteiger partial charge on any atom is 0.226 e. The number of carbonyl (C=O) groups excluding carboxylic acids is 2. The van der Waals surface area contributed by atoms with Gasteiger partial charge in [0.25, 0.3) is 0 Å². The average molecular weight is 400 g/mol. The van der Waals surface area contributed by atoms with Crippen LogP contribution in [0.15, 0.2) is 48.5 Å². The van der Waals surface area contributed by atoms with Crippen molar-refractivity contribution in [3.63, 3.8) is 0 Å². The van der Waals surface area contributed by atoms with Crippen LogP contribution in [0, 0.1) is 5.92 Å². The summed E-state index contributed by atoms with van der Waals surface area (Å²) in [6, 6.07) is 15.4. The first-order valence-electron chi connectivity index (χ1n) is 9.49. The Morgan fingerprint density at radius 3 is 2.68 bits per heavy atom. The lowest BCUT2D eigenvalue weighted by atomic mass is 9.93. The molecular formula is C22H26ClN3O2. The smallest absolute Gasteiger partial charge is 0.226 e. The van der Waals surface area contributed by atoms with E-state index in [2.05, 4.69) is 24.5 Å². The molecule has 0 bridgehead atoms. The zero-order chi connectivity index (χ0) is 20.3. The summed E-state index contributed by atoms with van der Waals surface area (Å²) < 4.78 is 0. The number of hydrogen-bond donors (Lipinski definition) is 2. The Morgan fingerprint density at radius 2 is 1.96 bits per heavy atom. The molecule has 0 radical (unpaired) electrons. The van der Waals surface area contributed by atoms with Gasteiger partial charge in [-0.15, -0.1) is 0 Å². The van der Waals surface area contributed by atoms with Crippen LogP contribution in [-0.2, 0) is 16.1 Å². The Morgan fingerprint density at radius 1 is 1.21 bits per heavy atom. The van der Waals surface area contributed by atoms with Gasteiger partial charge in [-0.25, -0.2) is 0 Å². The van der Waals surface area contributed by atoms with E-state index in [9.17, 15) is 9.59 Å². The second kappa shape index (κ2) is 8.65. The summed E-state index contributed by atoms with van der Waals surface area (Å²) in [4.78, 5) is 26.8. The van der Waals surface area contributed by atoms with Crippen LogP contribution in [0.3, 0.4) is 0 Å². The van der Waals surface area contributed by atoms with Crippen molar-refractivity contribution in [3.05, 3.63) is 64.7 Å². The van der Waals surface area contributed by atoms with Gasteiger partial charge in [0.05, 0.1) is 12.0 Å². The molecule has 1 fully saturated rings. The molecule has 6 heteroatoms. The molecular weight excluding hydrogens is 374 g/mol. The van der Waals surface area contributed by atoms with Crippen LogP contribution in [-0.4, -0.2) is 29.8 Å². The molecule has 5 nitrogen and oxygen atoms in total. The number of hydrogen-bond acceptors (Lipinski definition) is 3. The second-order valence-corrected chi connectivity index (χ2v) is 7.97. The van der Waals surface area contributed by atoms with Gasteiger partial charge in [0, 0.05) is 36.8 Å². The molecule has 2 N–H and O–H groups in total. The molecule has 1 aliphatic heterocycles. The Hall–Kier alpha value is -2.53. The molecule has 1 heterocycles. The molecule has 0 unspecified atom stereocenters. The molecule has 0 aliphatic carbocycles. The fraction of sp³-hybridized carbons (Fsp3) is 0.364. The van der Waals surface area contributed by atoms with Gasteiger partial charge in [0.15, 0.2) is 0 Å². The molecule has 2 atom stereocenters. The molecule has 2 aromatic rings. The zero-order valence-electron chi connectivity index (χ0n) is 16.4. The van der Waals surface area contributed by atoms with Gasteiger partial charge in [-0.2, -0.15) is 0 Å². The summed E-state index contributed by atoms with van der Waals surface area (Å²) in [5.74, 6) is -0.592. The van der Waals surface area contributed by atoms with Crippen molar-refractivity contribution < 1.29 is 9.59 Å². The summed E-state index contributed by atoms with van der Waals surface area (Å²) >= 11 is 6.12. The minimum atomic E-state index is -0.437. The maximum absolute atomic E-state index is 12.9. The Balaban J connectivity index is 1.71. The molecule has 148 valence electrons. The predicted octanol–water partition coefficient (Wildman–Crippen LogP) is 4.00. The third-order valence-corrected chi connectivity index (χ3v) is 5.20. The Kier molecular flexibility index (Phi) is 6.25. The van der Waals surface area contributed by atoms with Crippen molar-refractivity contribution in [2.75, 3.05) is 12.4 Å². The fourth-order valence-corrected chi connectivity index (χ4v) is 3.87. The maximum atomic E-state index is 12.9. The van der Waals surface area contributed by atoms with Crippen LogP contribution in [0.5, 0.6) is 0 Å².